The van der Waals surface area contributed by atoms with E-state index in [0.717, 1.165) is 50.9 Å². The average molecular weight is 530 g/mol. The molecule has 3 saturated carbocycles. The molecule has 5 rings (SSSR count). The molecule has 1 aliphatic heterocycles. The molecule has 0 aromatic rings. The number of methoxy groups -OCH3 is 1. The zero-order valence-electron chi connectivity index (χ0n) is 24.8. The summed E-state index contributed by atoms with van der Waals surface area (Å²) in [6.45, 7) is 13.5. The van der Waals surface area contributed by atoms with E-state index in [4.69, 9.17) is 14.2 Å². The average Bonchev–Trinajstić information content (AvgIpc) is 3.31. The summed E-state index contributed by atoms with van der Waals surface area (Å²) in [4.78, 5) is 22.9. The van der Waals surface area contributed by atoms with E-state index < -0.39 is 5.79 Å². The van der Waals surface area contributed by atoms with E-state index in [-0.39, 0.29) is 34.9 Å². The van der Waals surface area contributed by atoms with Crippen LogP contribution in [-0.2, 0) is 23.8 Å². The molecule has 1 saturated heterocycles. The molecule has 6 nitrogen and oxygen atoms in total. The number of ether oxygens (including phenoxy) is 3. The second-order valence-corrected chi connectivity index (χ2v) is 14.1. The Hall–Kier alpha value is -1.40. The maximum atomic E-state index is 11.6. The van der Waals surface area contributed by atoms with Crippen molar-refractivity contribution in [1.29, 1.82) is 0 Å². The van der Waals surface area contributed by atoms with Gasteiger partial charge in [-0.1, -0.05) is 39.3 Å². The Kier molecular flexibility index (Phi) is 7.56. The van der Waals surface area contributed by atoms with E-state index in [1.165, 1.54) is 19.8 Å². The Morgan fingerprint density at radius 1 is 1.18 bits per heavy atom. The van der Waals surface area contributed by atoms with Crippen LogP contribution in [0.3, 0.4) is 0 Å². The van der Waals surface area contributed by atoms with Crippen molar-refractivity contribution < 1.29 is 23.8 Å². The highest BCUT2D eigenvalue weighted by Crippen LogP contribution is 2.70. The van der Waals surface area contributed by atoms with Crippen molar-refractivity contribution >= 4 is 11.9 Å². The standard InChI is InChI=1S/C32H51NO5/c1-19(18-33-21(3)34)10-15-32(36-7)20(2)29-28(38-32)17-27-25-9-8-23-16-24(37-22(4)35)11-13-30(23,5)26(25)12-14-31(27,29)6/h8,19-20,24-29H,9-18H2,1-7H3,(H,33,34)/t19-,20+,24+,25+,26+,27+,28+,29-,30-,31-,32+/m0/s1. The number of hydrogen-bond acceptors (Lipinski definition) is 5. The maximum absolute atomic E-state index is 11.6. The second-order valence-electron chi connectivity index (χ2n) is 14.1. The van der Waals surface area contributed by atoms with Gasteiger partial charge in [0.2, 0.25) is 5.91 Å². The van der Waals surface area contributed by atoms with Gasteiger partial charge in [0.25, 0.3) is 0 Å². The molecule has 0 bridgehead atoms. The number of hydrogen-bond donors (Lipinski definition) is 1. The third-order valence-corrected chi connectivity index (χ3v) is 12.1. The van der Waals surface area contributed by atoms with E-state index in [9.17, 15) is 9.59 Å². The van der Waals surface area contributed by atoms with Crippen LogP contribution in [0.1, 0.15) is 99.3 Å². The zero-order chi connectivity index (χ0) is 27.5. The number of rotatable bonds is 7. The molecule has 38 heavy (non-hydrogen) atoms. The molecule has 5 aliphatic rings. The van der Waals surface area contributed by atoms with Gasteiger partial charge in [0.05, 0.1) is 6.10 Å². The van der Waals surface area contributed by atoms with Gasteiger partial charge in [-0.25, -0.2) is 0 Å². The first-order valence-electron chi connectivity index (χ1n) is 15.3. The minimum absolute atomic E-state index is 0.0314. The van der Waals surface area contributed by atoms with Crippen molar-refractivity contribution in [2.45, 2.75) is 117 Å². The lowest BCUT2D eigenvalue weighted by Crippen LogP contribution is -2.52. The minimum atomic E-state index is -0.522. The fraction of sp³-hybridized carbons (Fsp3) is 0.875. The smallest absolute Gasteiger partial charge is 0.302 e. The van der Waals surface area contributed by atoms with Crippen molar-refractivity contribution in [3.63, 3.8) is 0 Å². The molecule has 0 radical (unpaired) electrons. The van der Waals surface area contributed by atoms with Crippen molar-refractivity contribution in [1.82, 2.24) is 5.32 Å². The van der Waals surface area contributed by atoms with Gasteiger partial charge in [-0.3, -0.25) is 9.59 Å². The molecule has 1 N–H and O–H groups in total. The number of nitrogens with one attached hydrogen (secondary N) is 1. The molecule has 1 amide bonds. The van der Waals surface area contributed by atoms with Crippen LogP contribution in [0.5, 0.6) is 0 Å². The van der Waals surface area contributed by atoms with Crippen LogP contribution in [0.25, 0.3) is 0 Å². The van der Waals surface area contributed by atoms with Gasteiger partial charge in [0.1, 0.15) is 6.10 Å². The molecule has 1 heterocycles. The molecule has 214 valence electrons. The van der Waals surface area contributed by atoms with Gasteiger partial charge in [0.15, 0.2) is 5.79 Å². The molecular formula is C32H51NO5. The number of carbonyl (C=O) groups is 2. The second kappa shape index (κ2) is 10.2. The summed E-state index contributed by atoms with van der Waals surface area (Å²) in [6, 6.07) is 0. The number of amides is 1. The summed E-state index contributed by atoms with van der Waals surface area (Å²) >= 11 is 0. The van der Waals surface area contributed by atoms with Gasteiger partial charge in [-0.15, -0.1) is 0 Å². The first kappa shape index (κ1) is 28.1. The lowest BCUT2D eigenvalue weighted by molar-refractivity contribution is -0.238. The number of fused-ring (bicyclic) bond motifs is 7. The third-order valence-electron chi connectivity index (χ3n) is 12.1. The Morgan fingerprint density at radius 2 is 1.95 bits per heavy atom. The van der Waals surface area contributed by atoms with Crippen LogP contribution in [0.4, 0.5) is 0 Å². The van der Waals surface area contributed by atoms with E-state index in [1.807, 2.05) is 7.11 Å². The molecule has 0 aromatic carbocycles. The van der Waals surface area contributed by atoms with Crippen molar-refractivity contribution in [2.24, 2.45) is 46.3 Å². The Balaban J connectivity index is 1.30. The van der Waals surface area contributed by atoms with Crippen molar-refractivity contribution in [3.05, 3.63) is 11.6 Å². The fourth-order valence-electron chi connectivity index (χ4n) is 10.1. The minimum Gasteiger partial charge on any atom is -0.462 e. The van der Waals surface area contributed by atoms with Crippen molar-refractivity contribution in [3.8, 4) is 0 Å². The predicted molar refractivity (Wildman–Crippen MR) is 147 cm³/mol. The van der Waals surface area contributed by atoms with Crippen LogP contribution in [-0.4, -0.2) is 43.5 Å². The Labute approximate surface area is 230 Å². The number of esters is 1. The SMILES string of the molecule is CO[C@]1(CC[C@H](C)CNC(C)=O)O[C@@H]2C[C@@H]3[C@@H]4CC=C5C[C@H](OC(C)=O)CC[C@]5(C)[C@@H]4CC[C@]3(C)[C@H]2[C@H]1C. The van der Waals surface area contributed by atoms with Gasteiger partial charge in [0, 0.05) is 46.3 Å². The first-order valence-corrected chi connectivity index (χ1v) is 15.3. The van der Waals surface area contributed by atoms with Gasteiger partial charge in [-0.2, -0.15) is 0 Å². The summed E-state index contributed by atoms with van der Waals surface area (Å²) in [6.07, 6.45) is 12.6. The van der Waals surface area contributed by atoms with E-state index in [0.29, 0.717) is 36.1 Å². The van der Waals surface area contributed by atoms with Crippen LogP contribution < -0.4 is 5.32 Å². The zero-order valence-corrected chi connectivity index (χ0v) is 24.8. The normalized spacial score (nSPS) is 46.2. The highest BCUT2D eigenvalue weighted by Gasteiger charge is 2.68. The fourth-order valence-corrected chi connectivity index (χ4v) is 10.1. The van der Waals surface area contributed by atoms with Crippen LogP contribution >= 0.6 is 0 Å². The van der Waals surface area contributed by atoms with Crippen molar-refractivity contribution in [2.75, 3.05) is 13.7 Å². The molecular weight excluding hydrogens is 478 g/mol. The summed E-state index contributed by atoms with van der Waals surface area (Å²) in [5.41, 5.74) is 2.07. The summed E-state index contributed by atoms with van der Waals surface area (Å²) in [5, 5.41) is 2.96. The molecule has 4 aliphatic carbocycles. The monoisotopic (exact) mass is 529 g/mol. The lowest BCUT2D eigenvalue weighted by atomic mass is 9.47. The summed E-state index contributed by atoms with van der Waals surface area (Å²) < 4.78 is 18.8. The molecule has 4 fully saturated rings. The topological polar surface area (TPSA) is 73.9 Å². The quantitative estimate of drug-likeness (QED) is 0.322. The summed E-state index contributed by atoms with van der Waals surface area (Å²) in [7, 11) is 1.83. The van der Waals surface area contributed by atoms with Crippen LogP contribution in [0.2, 0.25) is 0 Å². The maximum Gasteiger partial charge on any atom is 0.302 e. The third kappa shape index (κ3) is 4.56. The van der Waals surface area contributed by atoms with Gasteiger partial charge < -0.3 is 19.5 Å². The van der Waals surface area contributed by atoms with Gasteiger partial charge in [-0.05, 0) is 85.4 Å². The molecule has 6 heteroatoms. The largest absolute Gasteiger partial charge is 0.462 e. The first-order chi connectivity index (χ1) is 17.9. The highest BCUT2D eigenvalue weighted by molar-refractivity contribution is 5.72. The predicted octanol–water partition coefficient (Wildman–Crippen LogP) is 6.04. The lowest BCUT2D eigenvalue weighted by Gasteiger charge is -2.58. The summed E-state index contributed by atoms with van der Waals surface area (Å²) in [5.74, 6) is 2.74. The molecule has 0 unspecified atom stereocenters. The molecule has 0 spiro atoms. The van der Waals surface area contributed by atoms with E-state index in [2.05, 4.69) is 39.1 Å². The number of allylic oxidation sites excluding steroid dienone is 1. The number of carbonyl (C=O) groups excluding carboxylic acids is 2. The Bertz CT molecular complexity index is 963. The molecule has 11 atom stereocenters. The van der Waals surface area contributed by atoms with E-state index in [1.54, 1.807) is 12.5 Å². The van der Waals surface area contributed by atoms with E-state index >= 15 is 0 Å². The Morgan fingerprint density at radius 3 is 2.63 bits per heavy atom. The van der Waals surface area contributed by atoms with Crippen LogP contribution in [0, 0.1) is 46.3 Å². The molecule has 0 aromatic heterocycles. The van der Waals surface area contributed by atoms with Gasteiger partial charge >= 0.3 is 5.97 Å². The highest BCUT2D eigenvalue weighted by atomic mass is 16.7. The van der Waals surface area contributed by atoms with Crippen LogP contribution in [0.15, 0.2) is 11.6 Å².